The summed E-state index contributed by atoms with van der Waals surface area (Å²) in [5, 5.41) is 0. The van der Waals surface area contributed by atoms with Gasteiger partial charge in [0, 0.05) is 0 Å². The van der Waals surface area contributed by atoms with E-state index in [9.17, 15) is 8.42 Å². The van der Waals surface area contributed by atoms with Gasteiger partial charge in [0.25, 0.3) is 0 Å². The first kappa shape index (κ1) is 24.4. The molecule has 29 heavy (non-hydrogen) atoms. The summed E-state index contributed by atoms with van der Waals surface area (Å²) in [4.78, 5) is 0. The van der Waals surface area contributed by atoms with E-state index in [1.165, 1.54) is 11.1 Å². The predicted molar refractivity (Wildman–Crippen MR) is 131 cm³/mol. The SMILES string of the molecule is CCCCS(=O)(=O)OI(c1ccc(C(C)(C)C)cc1)c1ccc(C(C)(C)C)cc1. The Morgan fingerprint density at radius 3 is 1.45 bits per heavy atom. The molecule has 0 heterocycles. The molecule has 2 aromatic carbocycles. The van der Waals surface area contributed by atoms with Crippen LogP contribution >= 0.6 is 20.2 Å². The monoisotopic (exact) mass is 530 g/mol. The van der Waals surface area contributed by atoms with Crippen molar-refractivity contribution in [2.75, 3.05) is 5.75 Å². The first-order valence-electron chi connectivity index (χ1n) is 10.2. The van der Waals surface area contributed by atoms with Gasteiger partial charge in [-0.15, -0.1) is 0 Å². The zero-order valence-electron chi connectivity index (χ0n) is 18.8. The Morgan fingerprint density at radius 1 is 0.759 bits per heavy atom. The number of hydrogen-bond acceptors (Lipinski definition) is 3. The van der Waals surface area contributed by atoms with Crippen LogP contribution in [-0.4, -0.2) is 14.2 Å². The van der Waals surface area contributed by atoms with E-state index >= 15 is 0 Å². The van der Waals surface area contributed by atoms with Gasteiger partial charge in [0.1, 0.15) is 0 Å². The number of rotatable bonds is 7. The fraction of sp³-hybridized carbons (Fsp3) is 0.500. The van der Waals surface area contributed by atoms with Crippen molar-refractivity contribution < 1.29 is 10.9 Å². The molecule has 0 radical (unpaired) electrons. The summed E-state index contributed by atoms with van der Waals surface area (Å²) in [7, 11) is -3.55. The van der Waals surface area contributed by atoms with E-state index in [1.807, 2.05) is 6.92 Å². The third-order valence-electron chi connectivity index (χ3n) is 4.72. The van der Waals surface area contributed by atoms with Crippen molar-refractivity contribution in [3.05, 3.63) is 66.8 Å². The predicted octanol–water partition coefficient (Wildman–Crippen LogP) is 6.89. The van der Waals surface area contributed by atoms with E-state index in [4.69, 9.17) is 2.51 Å². The van der Waals surface area contributed by atoms with Gasteiger partial charge in [-0.3, -0.25) is 0 Å². The molecule has 5 heteroatoms. The Bertz CT molecular complexity index is 830. The van der Waals surface area contributed by atoms with E-state index in [-0.39, 0.29) is 16.6 Å². The Kier molecular flexibility index (Phi) is 7.96. The van der Waals surface area contributed by atoms with E-state index in [1.54, 1.807) is 0 Å². The van der Waals surface area contributed by atoms with Crippen LogP contribution in [0.25, 0.3) is 0 Å². The summed E-state index contributed by atoms with van der Waals surface area (Å²) in [6, 6.07) is 16.6. The molecule has 0 unspecified atom stereocenters. The Morgan fingerprint density at radius 2 is 1.14 bits per heavy atom. The number of benzene rings is 2. The summed E-state index contributed by atoms with van der Waals surface area (Å²) in [5.41, 5.74) is 2.57. The molecule has 0 bridgehead atoms. The second-order valence-corrected chi connectivity index (χ2v) is 16.1. The fourth-order valence-electron chi connectivity index (χ4n) is 2.78. The van der Waals surface area contributed by atoms with E-state index < -0.39 is 30.4 Å². The van der Waals surface area contributed by atoms with Crippen molar-refractivity contribution in [3.8, 4) is 0 Å². The van der Waals surface area contributed by atoms with Gasteiger partial charge < -0.3 is 0 Å². The minimum atomic E-state index is -3.55. The second kappa shape index (κ2) is 9.48. The van der Waals surface area contributed by atoms with Crippen LogP contribution in [0.3, 0.4) is 0 Å². The maximum atomic E-state index is 12.6. The van der Waals surface area contributed by atoms with Crippen molar-refractivity contribution >= 4 is 30.4 Å². The van der Waals surface area contributed by atoms with Crippen molar-refractivity contribution in [2.24, 2.45) is 0 Å². The average Bonchev–Trinajstić information content (AvgIpc) is 2.63. The maximum absolute atomic E-state index is 12.6. The first-order valence-corrected chi connectivity index (χ1v) is 14.8. The molecule has 0 N–H and O–H groups in total. The quantitative estimate of drug-likeness (QED) is 0.366. The Labute approximate surface area is 185 Å². The molecule has 3 nitrogen and oxygen atoms in total. The molecule has 2 rings (SSSR count). The number of hydrogen-bond donors (Lipinski definition) is 0. The average molecular weight is 531 g/mol. The minimum absolute atomic E-state index is 0.0555. The molecular formula is C24H35IO3S. The van der Waals surface area contributed by atoms with Crippen LogP contribution in [-0.2, 0) is 23.5 Å². The molecular weight excluding hydrogens is 495 g/mol. The van der Waals surface area contributed by atoms with Crippen molar-refractivity contribution in [1.82, 2.24) is 0 Å². The van der Waals surface area contributed by atoms with E-state index in [0.717, 1.165) is 13.6 Å². The molecule has 0 aromatic heterocycles. The molecule has 2 aromatic rings. The van der Waals surface area contributed by atoms with E-state index in [2.05, 4.69) is 90.1 Å². The zero-order chi connectivity index (χ0) is 21.9. The Balaban J connectivity index is 2.43. The summed E-state index contributed by atoms with van der Waals surface area (Å²) in [6.45, 7) is 15.0. The third kappa shape index (κ3) is 7.07. The molecule has 0 saturated carbocycles. The molecule has 0 saturated heterocycles. The van der Waals surface area contributed by atoms with Crippen LogP contribution < -0.4 is 0 Å². The van der Waals surface area contributed by atoms with Crippen LogP contribution in [0.4, 0.5) is 0 Å². The van der Waals surface area contributed by atoms with Gasteiger partial charge in [0.05, 0.1) is 0 Å². The van der Waals surface area contributed by atoms with Gasteiger partial charge in [0.15, 0.2) is 0 Å². The van der Waals surface area contributed by atoms with Gasteiger partial charge in [-0.25, -0.2) is 0 Å². The number of halogens is 1. The standard InChI is InChI=1S/C24H35IO3S/c1-8-9-18-29(26,27)28-25(21-14-10-19(11-15-21)23(2,3)4)22-16-12-20(13-17-22)24(5,6)7/h10-17H,8-9,18H2,1-7H3. The van der Waals surface area contributed by atoms with Gasteiger partial charge in [-0.05, 0) is 0 Å². The Hall–Kier alpha value is -0.920. The molecule has 0 aliphatic carbocycles. The molecule has 0 fully saturated rings. The van der Waals surface area contributed by atoms with Gasteiger partial charge in [-0.1, -0.05) is 0 Å². The van der Waals surface area contributed by atoms with Crippen molar-refractivity contribution in [2.45, 2.75) is 72.1 Å². The summed E-state index contributed by atoms with van der Waals surface area (Å²) >= 11 is -2.57. The molecule has 0 atom stereocenters. The molecule has 162 valence electrons. The third-order valence-corrected chi connectivity index (χ3v) is 12.3. The zero-order valence-corrected chi connectivity index (χ0v) is 21.7. The van der Waals surface area contributed by atoms with Crippen LogP contribution in [0, 0.1) is 7.14 Å². The van der Waals surface area contributed by atoms with Crippen LogP contribution in [0.15, 0.2) is 48.5 Å². The molecule has 0 aliphatic heterocycles. The van der Waals surface area contributed by atoms with E-state index in [0.29, 0.717) is 6.42 Å². The molecule has 0 aliphatic rings. The fourth-order valence-corrected chi connectivity index (χ4v) is 9.99. The summed E-state index contributed by atoms with van der Waals surface area (Å²) in [6.07, 6.45) is 1.45. The molecule has 0 amide bonds. The van der Waals surface area contributed by atoms with Crippen LogP contribution in [0.2, 0.25) is 0 Å². The second-order valence-electron chi connectivity index (χ2n) is 9.44. The first-order chi connectivity index (χ1) is 13.3. The summed E-state index contributed by atoms with van der Waals surface area (Å²) < 4.78 is 33.1. The normalized spacial score (nSPS) is 13.4. The van der Waals surface area contributed by atoms with Crippen LogP contribution in [0.1, 0.15) is 72.4 Å². The van der Waals surface area contributed by atoms with Gasteiger partial charge >= 0.3 is 186 Å². The van der Waals surface area contributed by atoms with Crippen LogP contribution in [0.5, 0.6) is 0 Å². The topological polar surface area (TPSA) is 43.4 Å². The van der Waals surface area contributed by atoms with Crippen molar-refractivity contribution in [3.63, 3.8) is 0 Å². The number of unbranched alkanes of at least 4 members (excludes halogenated alkanes) is 1. The molecule has 0 spiro atoms. The summed E-state index contributed by atoms with van der Waals surface area (Å²) in [5.74, 6) is 0.0810. The van der Waals surface area contributed by atoms with Crippen molar-refractivity contribution in [1.29, 1.82) is 0 Å². The van der Waals surface area contributed by atoms with Gasteiger partial charge in [0.2, 0.25) is 0 Å². The van der Waals surface area contributed by atoms with Gasteiger partial charge in [-0.2, -0.15) is 0 Å².